The van der Waals surface area contributed by atoms with Crippen molar-refractivity contribution in [1.82, 2.24) is 0 Å². The lowest BCUT2D eigenvalue weighted by Gasteiger charge is -2.35. The van der Waals surface area contributed by atoms with E-state index in [4.69, 9.17) is 9.47 Å². The van der Waals surface area contributed by atoms with Crippen molar-refractivity contribution in [3.8, 4) is 56.4 Å². The van der Waals surface area contributed by atoms with Crippen molar-refractivity contribution < 1.29 is 27.0 Å². The Kier molecular flexibility index (Phi) is 15.9. The van der Waals surface area contributed by atoms with E-state index in [2.05, 4.69) is 156 Å². The van der Waals surface area contributed by atoms with Crippen LogP contribution in [0, 0.1) is 37.1 Å². The van der Waals surface area contributed by atoms with E-state index in [0.717, 1.165) is 123 Å². The molecule has 14 aromatic rings. The van der Waals surface area contributed by atoms with Gasteiger partial charge in [-0.15, -0.1) is 0 Å². The minimum atomic E-state index is -0.983. The number of aryl methyl sites for hydroxylation is 2. The normalized spacial score (nSPS) is 14.7. The summed E-state index contributed by atoms with van der Waals surface area (Å²) >= 11 is 0. The fraction of sp³-hybridized carbons (Fsp3) is 0.0435. The summed E-state index contributed by atoms with van der Waals surface area (Å²) in [4.78, 5) is 4.28. The highest BCUT2D eigenvalue weighted by atomic mass is 19.1. The molecule has 2 aliphatic rings. The molecule has 0 aliphatic heterocycles. The molecular formula is C92H64F4N2O2. The van der Waals surface area contributed by atoms with Gasteiger partial charge in [0, 0.05) is 34.1 Å². The molecule has 0 aromatic heterocycles. The molecule has 14 aromatic carbocycles. The Morgan fingerprint density at radius 2 is 0.620 bits per heavy atom. The lowest BCUT2D eigenvalue weighted by atomic mass is 9.67. The molecule has 100 heavy (non-hydrogen) atoms. The number of fused-ring (bicyclic) bond motifs is 6. The molecule has 2 aliphatic carbocycles. The molecule has 0 fully saturated rings. The summed E-state index contributed by atoms with van der Waals surface area (Å²) in [7, 11) is 0. The van der Waals surface area contributed by atoms with E-state index in [9.17, 15) is 0 Å². The lowest BCUT2D eigenvalue weighted by Crippen LogP contribution is -2.29. The second-order valence-corrected chi connectivity index (χ2v) is 25.5. The highest BCUT2D eigenvalue weighted by Gasteiger charge is 2.48. The molecule has 0 N–H and O–H groups in total. The minimum Gasteiger partial charge on any atom is -0.457 e. The Hall–Kier alpha value is -12.5. The van der Waals surface area contributed by atoms with E-state index >= 15 is 17.6 Å². The number of anilines is 6. The van der Waals surface area contributed by atoms with Crippen molar-refractivity contribution in [2.45, 2.75) is 24.7 Å². The van der Waals surface area contributed by atoms with Crippen molar-refractivity contribution in [3.05, 3.63) is 419 Å². The molecule has 0 amide bonds. The van der Waals surface area contributed by atoms with E-state index in [0.29, 0.717) is 34.1 Å². The summed E-state index contributed by atoms with van der Waals surface area (Å²) in [6.07, 6.45) is 3.58. The third kappa shape index (κ3) is 10.8. The SMILES string of the molecule is C=Cc1ccc(Oc2ccc(C3(c4cccc(F)c4)c4ccccc4-c4ccc(N(c5ccc(-c6ccc(N(c7ccc(F)c(C)c7)c7ccc8c(c7)C(c7ccc(Oc9ccc(C=C)cc9)cc7)(c7cccc(F)c7)c7ccccc7-8)cc6)cc5)c5ccc(F)c(C)c5)cc43)cc2)cc1. The van der Waals surface area contributed by atoms with Crippen LogP contribution in [0.1, 0.15) is 66.8 Å². The van der Waals surface area contributed by atoms with Crippen LogP contribution in [0.25, 0.3) is 45.5 Å². The second kappa shape index (κ2) is 25.5. The molecule has 0 saturated heterocycles. The number of hydrogen-bond acceptors (Lipinski definition) is 4. The Bertz CT molecular complexity index is 5140. The van der Waals surface area contributed by atoms with Gasteiger partial charge < -0.3 is 19.3 Å². The van der Waals surface area contributed by atoms with Crippen molar-refractivity contribution in [2.75, 3.05) is 9.80 Å². The molecular weight excluding hydrogens is 1240 g/mol. The number of hydrogen-bond donors (Lipinski definition) is 0. The van der Waals surface area contributed by atoms with E-state index in [-0.39, 0.29) is 23.3 Å². The molecule has 0 spiro atoms. The first-order valence-electron chi connectivity index (χ1n) is 33.2. The summed E-state index contributed by atoms with van der Waals surface area (Å²) < 4.78 is 75.3. The predicted octanol–water partition coefficient (Wildman–Crippen LogP) is 25.1. The van der Waals surface area contributed by atoms with Crippen molar-refractivity contribution in [2.24, 2.45) is 0 Å². The molecule has 0 heterocycles. The predicted molar refractivity (Wildman–Crippen MR) is 398 cm³/mol. The first-order valence-corrected chi connectivity index (χ1v) is 33.2. The van der Waals surface area contributed by atoms with Crippen LogP contribution >= 0.6 is 0 Å². The molecule has 16 rings (SSSR count). The quantitative estimate of drug-likeness (QED) is 0.0849. The van der Waals surface area contributed by atoms with Gasteiger partial charge >= 0.3 is 0 Å². The summed E-state index contributed by atoms with van der Waals surface area (Å²) in [6, 6.07) is 102. The van der Waals surface area contributed by atoms with Gasteiger partial charge in [-0.05, 0) is 272 Å². The number of ether oxygens (including phenoxy) is 2. The monoisotopic (exact) mass is 1300 g/mol. The van der Waals surface area contributed by atoms with Crippen LogP contribution < -0.4 is 19.3 Å². The molecule has 0 radical (unpaired) electrons. The van der Waals surface area contributed by atoms with Gasteiger partial charge in [0.2, 0.25) is 0 Å². The zero-order valence-electron chi connectivity index (χ0n) is 54.8. The average Bonchev–Trinajstić information content (AvgIpc) is 1.54. The number of benzene rings is 14. The van der Waals surface area contributed by atoms with Gasteiger partial charge in [-0.2, -0.15) is 0 Å². The van der Waals surface area contributed by atoms with Gasteiger partial charge in [0.15, 0.2) is 0 Å². The molecule has 482 valence electrons. The largest absolute Gasteiger partial charge is 0.457 e. The van der Waals surface area contributed by atoms with Crippen LogP contribution in [0.3, 0.4) is 0 Å². The average molecular weight is 1310 g/mol. The van der Waals surface area contributed by atoms with Gasteiger partial charge in [0.1, 0.15) is 46.3 Å². The van der Waals surface area contributed by atoms with Crippen LogP contribution in [0.5, 0.6) is 23.0 Å². The number of halogens is 4. The highest BCUT2D eigenvalue weighted by molar-refractivity contribution is 5.92. The summed E-state index contributed by atoms with van der Waals surface area (Å²) in [5.41, 5.74) is 19.0. The topological polar surface area (TPSA) is 24.9 Å². The first-order chi connectivity index (χ1) is 48.9. The fourth-order valence-electron chi connectivity index (χ4n) is 15.0. The zero-order chi connectivity index (χ0) is 68.2. The minimum absolute atomic E-state index is 0.315. The molecule has 0 saturated carbocycles. The lowest BCUT2D eigenvalue weighted by molar-refractivity contribution is 0.482. The van der Waals surface area contributed by atoms with Gasteiger partial charge in [-0.3, -0.25) is 0 Å². The summed E-state index contributed by atoms with van der Waals surface area (Å²) in [5, 5.41) is 0. The molecule has 8 heteroatoms. The maximum Gasteiger partial charge on any atom is 0.127 e. The Morgan fingerprint density at radius 1 is 0.290 bits per heavy atom. The first kappa shape index (κ1) is 62.3. The zero-order valence-corrected chi connectivity index (χ0v) is 54.8. The fourth-order valence-corrected chi connectivity index (χ4v) is 15.0. The van der Waals surface area contributed by atoms with Gasteiger partial charge in [0.05, 0.1) is 10.8 Å². The standard InChI is InChI=1S/C92H64F4N2O2/c1-5-61-21-41-77(42-22-61)99-79-45-29-65(30-46-79)91(67-13-11-15-69(93)55-67)85-19-9-7-17-81(85)83-49-37-75(57-87(83)91)97(73-39-51-89(95)59(3)53-73)71-33-25-63(26-34-71)64-27-35-72(36-28-64)98(74-40-52-90(96)60(4)54-74)76-38-50-84-82-18-8-10-20-86(82)92(88(84)58-76,68-14-12-16-70(94)56-68)66-31-47-80(48-32-66)100-78-43-23-62(6-2)24-44-78/h5-58H,1-2H2,3-4H3. The van der Waals surface area contributed by atoms with E-state index < -0.39 is 10.8 Å². The Balaban J connectivity index is 0.776. The van der Waals surface area contributed by atoms with Crippen LogP contribution in [0.4, 0.5) is 51.7 Å². The van der Waals surface area contributed by atoms with E-state index in [1.807, 2.05) is 121 Å². The van der Waals surface area contributed by atoms with Crippen molar-refractivity contribution in [3.63, 3.8) is 0 Å². The van der Waals surface area contributed by atoms with Crippen LogP contribution in [0.15, 0.2) is 329 Å². The maximum atomic E-state index is 15.9. The van der Waals surface area contributed by atoms with Crippen molar-refractivity contribution in [1.29, 1.82) is 0 Å². The number of nitrogens with zero attached hydrogens (tertiary/aromatic N) is 2. The van der Waals surface area contributed by atoms with Crippen LogP contribution in [-0.4, -0.2) is 0 Å². The third-order valence-corrected chi connectivity index (χ3v) is 19.7. The highest BCUT2D eigenvalue weighted by Crippen LogP contribution is 2.60. The maximum absolute atomic E-state index is 15.9. The smallest absolute Gasteiger partial charge is 0.127 e. The van der Waals surface area contributed by atoms with Gasteiger partial charge in [-0.25, -0.2) is 17.6 Å². The Morgan fingerprint density at radius 3 is 0.980 bits per heavy atom. The van der Waals surface area contributed by atoms with Gasteiger partial charge in [-0.1, -0.05) is 183 Å². The third-order valence-electron chi connectivity index (χ3n) is 19.7. The molecule has 0 bridgehead atoms. The van der Waals surface area contributed by atoms with Gasteiger partial charge in [0.25, 0.3) is 0 Å². The van der Waals surface area contributed by atoms with E-state index in [1.54, 1.807) is 62.4 Å². The van der Waals surface area contributed by atoms with E-state index in [1.165, 1.54) is 24.3 Å². The molecule has 2 unspecified atom stereocenters. The molecule has 4 nitrogen and oxygen atoms in total. The summed E-state index contributed by atoms with van der Waals surface area (Å²) in [6.45, 7) is 11.3. The van der Waals surface area contributed by atoms with Crippen molar-refractivity contribution >= 4 is 46.3 Å². The van der Waals surface area contributed by atoms with Crippen LogP contribution in [-0.2, 0) is 10.8 Å². The Labute approximate surface area is 579 Å². The summed E-state index contributed by atoms with van der Waals surface area (Å²) in [5.74, 6) is 1.34. The molecule has 2 atom stereocenters. The second-order valence-electron chi connectivity index (χ2n) is 25.5. The van der Waals surface area contributed by atoms with Crippen LogP contribution in [0.2, 0.25) is 0 Å². The number of rotatable bonds is 17.